The lowest BCUT2D eigenvalue weighted by atomic mass is 9.95. The van der Waals surface area contributed by atoms with E-state index in [1.165, 1.54) is 22.4 Å². The number of methoxy groups -OCH3 is 1. The van der Waals surface area contributed by atoms with Gasteiger partial charge >= 0.3 is 5.97 Å². The number of hydrogen-bond acceptors (Lipinski definition) is 5. The Morgan fingerprint density at radius 2 is 1.81 bits per heavy atom. The molecule has 5 heteroatoms. The number of nitrogens with zero attached hydrogens (tertiary/aromatic N) is 1. The minimum absolute atomic E-state index is 0.200. The zero-order valence-corrected chi connectivity index (χ0v) is 17.9. The van der Waals surface area contributed by atoms with Crippen molar-refractivity contribution in [2.45, 2.75) is 46.3 Å². The number of ether oxygens (including phenoxy) is 2. The molecule has 0 aliphatic carbocycles. The predicted molar refractivity (Wildman–Crippen MR) is 111 cm³/mol. The standard InChI is InChI=1S/C22H31NO3S/c1-6-23(15-17-7-9-18(10-8-17)21(24)25-5)13-14-26-16-19-11-12-20(27-19)22(2,3)4/h7-12H,6,13-16H2,1-5H3. The van der Waals surface area contributed by atoms with Crippen molar-refractivity contribution < 1.29 is 14.3 Å². The fourth-order valence-corrected chi connectivity index (χ4v) is 3.70. The molecular weight excluding hydrogens is 358 g/mol. The Labute approximate surface area is 167 Å². The number of carbonyl (C=O) groups excluding carboxylic acids is 1. The molecule has 0 aliphatic heterocycles. The minimum atomic E-state index is -0.300. The number of rotatable bonds is 9. The topological polar surface area (TPSA) is 38.8 Å². The van der Waals surface area contributed by atoms with Gasteiger partial charge in [0.05, 0.1) is 25.9 Å². The summed E-state index contributed by atoms with van der Waals surface area (Å²) >= 11 is 1.84. The van der Waals surface area contributed by atoms with Gasteiger partial charge in [0, 0.05) is 22.8 Å². The summed E-state index contributed by atoms with van der Waals surface area (Å²) in [6, 6.07) is 12.0. The molecular formula is C22H31NO3S. The Kier molecular flexibility index (Phi) is 8.02. The van der Waals surface area contributed by atoms with Crippen LogP contribution in [0.25, 0.3) is 0 Å². The summed E-state index contributed by atoms with van der Waals surface area (Å²) in [6.45, 7) is 12.9. The summed E-state index contributed by atoms with van der Waals surface area (Å²) in [5.74, 6) is -0.300. The number of benzene rings is 1. The van der Waals surface area contributed by atoms with Crippen LogP contribution < -0.4 is 0 Å². The molecule has 4 nitrogen and oxygen atoms in total. The first-order valence-electron chi connectivity index (χ1n) is 9.40. The molecule has 0 N–H and O–H groups in total. The molecule has 2 rings (SSSR count). The van der Waals surface area contributed by atoms with Gasteiger partial charge in [-0.05, 0) is 41.8 Å². The average Bonchev–Trinajstić information content (AvgIpc) is 3.13. The van der Waals surface area contributed by atoms with Gasteiger partial charge in [0.15, 0.2) is 0 Å². The molecule has 0 atom stereocenters. The van der Waals surface area contributed by atoms with Crippen molar-refractivity contribution in [3.8, 4) is 0 Å². The Morgan fingerprint density at radius 1 is 1.11 bits per heavy atom. The first-order valence-corrected chi connectivity index (χ1v) is 10.2. The van der Waals surface area contributed by atoms with Crippen molar-refractivity contribution in [3.05, 3.63) is 57.3 Å². The van der Waals surface area contributed by atoms with E-state index < -0.39 is 0 Å². The number of esters is 1. The van der Waals surface area contributed by atoms with E-state index >= 15 is 0 Å². The second kappa shape index (κ2) is 10.0. The smallest absolute Gasteiger partial charge is 0.337 e. The second-order valence-electron chi connectivity index (χ2n) is 7.63. The van der Waals surface area contributed by atoms with E-state index in [2.05, 4.69) is 44.7 Å². The van der Waals surface area contributed by atoms with Crippen LogP contribution in [0.3, 0.4) is 0 Å². The molecule has 0 saturated carbocycles. The Bertz CT molecular complexity index is 716. The maximum Gasteiger partial charge on any atom is 0.337 e. The summed E-state index contributed by atoms with van der Waals surface area (Å²) in [4.78, 5) is 16.5. The molecule has 1 heterocycles. The largest absolute Gasteiger partial charge is 0.465 e. The van der Waals surface area contributed by atoms with E-state index in [0.29, 0.717) is 18.8 Å². The fourth-order valence-electron chi connectivity index (χ4n) is 2.70. The average molecular weight is 390 g/mol. The summed E-state index contributed by atoms with van der Waals surface area (Å²) in [5.41, 5.74) is 1.96. The maximum atomic E-state index is 11.5. The highest BCUT2D eigenvalue weighted by Gasteiger charge is 2.16. The van der Waals surface area contributed by atoms with Gasteiger partial charge in [0.2, 0.25) is 0 Å². The van der Waals surface area contributed by atoms with Gasteiger partial charge in [-0.2, -0.15) is 0 Å². The second-order valence-corrected chi connectivity index (χ2v) is 8.79. The summed E-state index contributed by atoms with van der Waals surface area (Å²) in [6.07, 6.45) is 0. The van der Waals surface area contributed by atoms with E-state index in [4.69, 9.17) is 9.47 Å². The van der Waals surface area contributed by atoms with Crippen LogP contribution >= 0.6 is 11.3 Å². The lowest BCUT2D eigenvalue weighted by molar-refractivity contribution is 0.0600. The van der Waals surface area contributed by atoms with Crippen molar-refractivity contribution in [2.75, 3.05) is 26.8 Å². The first kappa shape index (κ1) is 21.6. The molecule has 148 valence electrons. The lowest BCUT2D eigenvalue weighted by Crippen LogP contribution is -2.27. The van der Waals surface area contributed by atoms with Crippen molar-refractivity contribution in [3.63, 3.8) is 0 Å². The number of likely N-dealkylation sites (N-methyl/N-ethyl adjacent to an activating group) is 1. The number of carbonyl (C=O) groups is 1. The summed E-state index contributed by atoms with van der Waals surface area (Å²) in [7, 11) is 1.40. The molecule has 27 heavy (non-hydrogen) atoms. The third kappa shape index (κ3) is 6.76. The minimum Gasteiger partial charge on any atom is -0.465 e. The van der Waals surface area contributed by atoms with Crippen LogP contribution in [0.1, 0.15) is 53.4 Å². The normalized spacial score (nSPS) is 11.8. The SMILES string of the molecule is CCN(CCOCc1ccc(C(C)(C)C)s1)Cc1ccc(C(=O)OC)cc1. The zero-order chi connectivity index (χ0) is 19.9. The van der Waals surface area contributed by atoms with E-state index in [1.807, 2.05) is 35.6 Å². The number of thiophene rings is 1. The highest BCUT2D eigenvalue weighted by atomic mass is 32.1. The van der Waals surface area contributed by atoms with E-state index in [1.54, 1.807) is 0 Å². The Morgan fingerprint density at radius 3 is 2.37 bits per heavy atom. The molecule has 0 fully saturated rings. The Hall–Kier alpha value is -1.69. The molecule has 0 unspecified atom stereocenters. The van der Waals surface area contributed by atoms with Crippen molar-refractivity contribution in [1.82, 2.24) is 4.90 Å². The predicted octanol–water partition coefficient (Wildman–Crippen LogP) is 4.87. The van der Waals surface area contributed by atoms with Crippen LogP contribution in [-0.2, 0) is 28.0 Å². The maximum absolute atomic E-state index is 11.5. The highest BCUT2D eigenvalue weighted by Crippen LogP contribution is 2.29. The van der Waals surface area contributed by atoms with Gasteiger partial charge in [-0.3, -0.25) is 4.90 Å². The van der Waals surface area contributed by atoms with Crippen LogP contribution in [0.5, 0.6) is 0 Å². The highest BCUT2D eigenvalue weighted by molar-refractivity contribution is 7.12. The monoisotopic (exact) mass is 389 g/mol. The molecule has 1 aromatic heterocycles. The van der Waals surface area contributed by atoms with Crippen molar-refractivity contribution >= 4 is 17.3 Å². The van der Waals surface area contributed by atoms with Crippen molar-refractivity contribution in [1.29, 1.82) is 0 Å². The lowest BCUT2D eigenvalue weighted by Gasteiger charge is -2.20. The van der Waals surface area contributed by atoms with E-state index in [9.17, 15) is 4.79 Å². The van der Waals surface area contributed by atoms with Crippen LogP contribution in [0.2, 0.25) is 0 Å². The van der Waals surface area contributed by atoms with Gasteiger partial charge in [-0.15, -0.1) is 11.3 Å². The third-order valence-electron chi connectivity index (χ3n) is 4.43. The fraction of sp³-hybridized carbons (Fsp3) is 0.500. The molecule has 2 aromatic rings. The van der Waals surface area contributed by atoms with Crippen molar-refractivity contribution in [2.24, 2.45) is 0 Å². The van der Waals surface area contributed by atoms with Crippen LogP contribution in [-0.4, -0.2) is 37.7 Å². The van der Waals surface area contributed by atoms with Gasteiger partial charge in [-0.25, -0.2) is 4.79 Å². The summed E-state index contributed by atoms with van der Waals surface area (Å²) in [5, 5.41) is 0. The van der Waals surface area contributed by atoms with Crippen LogP contribution in [0.4, 0.5) is 0 Å². The molecule has 1 aromatic carbocycles. The Balaban J connectivity index is 1.77. The molecule has 0 radical (unpaired) electrons. The zero-order valence-electron chi connectivity index (χ0n) is 17.1. The summed E-state index contributed by atoms with van der Waals surface area (Å²) < 4.78 is 10.6. The molecule has 0 aliphatic rings. The van der Waals surface area contributed by atoms with E-state index in [-0.39, 0.29) is 11.4 Å². The molecule has 0 bridgehead atoms. The number of hydrogen-bond donors (Lipinski definition) is 0. The molecule has 0 amide bonds. The van der Waals surface area contributed by atoms with Gasteiger partial charge < -0.3 is 9.47 Å². The van der Waals surface area contributed by atoms with Gasteiger partial charge in [-0.1, -0.05) is 39.8 Å². The molecule has 0 saturated heterocycles. The van der Waals surface area contributed by atoms with Crippen LogP contribution in [0, 0.1) is 0 Å². The van der Waals surface area contributed by atoms with Gasteiger partial charge in [0.1, 0.15) is 0 Å². The van der Waals surface area contributed by atoms with Gasteiger partial charge in [0.25, 0.3) is 0 Å². The quantitative estimate of drug-likeness (QED) is 0.453. The first-order chi connectivity index (χ1) is 12.8. The van der Waals surface area contributed by atoms with Crippen LogP contribution in [0.15, 0.2) is 36.4 Å². The molecule has 0 spiro atoms. The third-order valence-corrected chi connectivity index (χ3v) is 5.91. The van der Waals surface area contributed by atoms with E-state index in [0.717, 1.165) is 19.6 Å².